The molecule has 3 nitrogen and oxygen atoms in total. The zero-order valence-corrected chi connectivity index (χ0v) is 9.82. The Morgan fingerprint density at radius 3 is 2.44 bits per heavy atom. The molecule has 0 atom stereocenters. The molecule has 0 heterocycles. The largest absolute Gasteiger partial charge is 0.426 e. The van der Waals surface area contributed by atoms with Gasteiger partial charge in [0, 0.05) is 19.6 Å². The van der Waals surface area contributed by atoms with Gasteiger partial charge < -0.3 is 9.47 Å². The van der Waals surface area contributed by atoms with Gasteiger partial charge in [0.25, 0.3) is 0 Å². The lowest BCUT2D eigenvalue weighted by atomic mass is 10.1. The van der Waals surface area contributed by atoms with Crippen LogP contribution in [0.25, 0.3) is 5.76 Å². The lowest BCUT2D eigenvalue weighted by Crippen LogP contribution is -2.00. The molecule has 0 radical (unpaired) electrons. The van der Waals surface area contributed by atoms with Crippen molar-refractivity contribution in [1.82, 2.24) is 0 Å². The summed E-state index contributed by atoms with van der Waals surface area (Å²) in [5.41, 5.74) is 2.04. The highest BCUT2D eigenvalue weighted by molar-refractivity contribution is 5.76. The molecule has 0 aromatic heterocycles. The molecule has 0 fully saturated rings. The maximum Gasteiger partial charge on any atom is 0.308 e. The first kappa shape index (κ1) is 12.5. The second-order valence-corrected chi connectivity index (χ2v) is 3.48. The van der Waals surface area contributed by atoms with E-state index in [0.717, 1.165) is 11.1 Å². The van der Waals surface area contributed by atoms with Gasteiger partial charge in [-0.25, -0.2) is 0 Å². The summed E-state index contributed by atoms with van der Waals surface area (Å²) in [7, 11) is 1.59. The fourth-order valence-corrected chi connectivity index (χ4v) is 1.25. The Hall–Kier alpha value is -1.61. The molecular weight excluding hydrogens is 204 g/mol. The van der Waals surface area contributed by atoms with Gasteiger partial charge in [-0.1, -0.05) is 29.8 Å². The van der Waals surface area contributed by atoms with Crippen LogP contribution >= 0.6 is 0 Å². The Balaban J connectivity index is 2.91. The van der Waals surface area contributed by atoms with E-state index in [-0.39, 0.29) is 5.97 Å². The molecule has 86 valence electrons. The molecule has 0 spiro atoms. The van der Waals surface area contributed by atoms with Crippen molar-refractivity contribution in [1.29, 1.82) is 0 Å². The molecule has 0 unspecified atom stereocenters. The van der Waals surface area contributed by atoms with Crippen molar-refractivity contribution in [2.45, 2.75) is 13.8 Å². The van der Waals surface area contributed by atoms with Gasteiger partial charge >= 0.3 is 5.97 Å². The van der Waals surface area contributed by atoms with Crippen LogP contribution in [0.15, 0.2) is 30.3 Å². The fourth-order valence-electron chi connectivity index (χ4n) is 1.25. The van der Waals surface area contributed by atoms with Gasteiger partial charge in [-0.2, -0.15) is 0 Å². The van der Waals surface area contributed by atoms with Crippen LogP contribution in [0.5, 0.6) is 0 Å². The van der Waals surface area contributed by atoms with Crippen LogP contribution in [-0.4, -0.2) is 19.7 Å². The van der Waals surface area contributed by atoms with Crippen molar-refractivity contribution >= 4 is 11.7 Å². The lowest BCUT2D eigenvalue weighted by molar-refractivity contribution is -0.134. The molecule has 0 aliphatic carbocycles. The Morgan fingerprint density at radius 1 is 1.31 bits per heavy atom. The van der Waals surface area contributed by atoms with Gasteiger partial charge in [-0.05, 0) is 13.0 Å². The molecule has 0 saturated heterocycles. The number of rotatable bonds is 4. The fraction of sp³-hybridized carbons (Fsp3) is 0.308. The van der Waals surface area contributed by atoms with Crippen molar-refractivity contribution in [2.24, 2.45) is 0 Å². The summed E-state index contributed by atoms with van der Waals surface area (Å²) in [6.45, 7) is 3.81. The highest BCUT2D eigenvalue weighted by atomic mass is 16.5. The van der Waals surface area contributed by atoms with E-state index in [4.69, 9.17) is 9.47 Å². The van der Waals surface area contributed by atoms with E-state index in [1.54, 1.807) is 13.2 Å². The van der Waals surface area contributed by atoms with Gasteiger partial charge in [-0.3, -0.25) is 4.79 Å². The lowest BCUT2D eigenvalue weighted by Gasteiger charge is -2.07. The van der Waals surface area contributed by atoms with E-state index in [1.165, 1.54) is 6.92 Å². The first-order chi connectivity index (χ1) is 7.63. The highest BCUT2D eigenvalue weighted by Crippen LogP contribution is 2.16. The van der Waals surface area contributed by atoms with Gasteiger partial charge in [0.15, 0.2) is 0 Å². The minimum Gasteiger partial charge on any atom is -0.426 e. The first-order valence-electron chi connectivity index (χ1n) is 5.08. The Kier molecular flexibility index (Phi) is 4.73. The van der Waals surface area contributed by atoms with E-state index >= 15 is 0 Å². The summed E-state index contributed by atoms with van der Waals surface area (Å²) in [6, 6.07) is 7.78. The van der Waals surface area contributed by atoms with Crippen LogP contribution in [0.4, 0.5) is 0 Å². The van der Waals surface area contributed by atoms with Crippen molar-refractivity contribution < 1.29 is 14.3 Å². The zero-order valence-electron chi connectivity index (χ0n) is 9.82. The average molecular weight is 220 g/mol. The maximum absolute atomic E-state index is 11.0. The smallest absolute Gasteiger partial charge is 0.308 e. The summed E-state index contributed by atoms with van der Waals surface area (Å²) in [4.78, 5) is 11.0. The van der Waals surface area contributed by atoms with Crippen LogP contribution in [-0.2, 0) is 14.3 Å². The van der Waals surface area contributed by atoms with E-state index in [0.29, 0.717) is 12.4 Å². The predicted molar refractivity (Wildman–Crippen MR) is 62.8 cm³/mol. The SMILES string of the molecule is COC/C=C(\OC(C)=O)c1ccc(C)cc1. The molecular formula is C13H16O3. The topological polar surface area (TPSA) is 35.5 Å². The minimum atomic E-state index is -0.331. The standard InChI is InChI=1S/C13H16O3/c1-10-4-6-12(7-5-10)13(8-9-15-3)16-11(2)14/h4-8H,9H2,1-3H3/b13-8-. The molecule has 0 aliphatic heterocycles. The van der Waals surface area contributed by atoms with Crippen LogP contribution in [0.2, 0.25) is 0 Å². The summed E-state index contributed by atoms with van der Waals surface area (Å²) >= 11 is 0. The normalized spacial score (nSPS) is 11.3. The molecule has 0 saturated carbocycles. The van der Waals surface area contributed by atoms with E-state index in [2.05, 4.69) is 0 Å². The third-order valence-electron chi connectivity index (χ3n) is 2.03. The number of carbonyl (C=O) groups excluding carboxylic acids is 1. The third-order valence-corrected chi connectivity index (χ3v) is 2.03. The van der Waals surface area contributed by atoms with Crippen molar-refractivity contribution in [3.05, 3.63) is 41.5 Å². The van der Waals surface area contributed by atoms with Crippen molar-refractivity contribution in [3.8, 4) is 0 Å². The summed E-state index contributed by atoms with van der Waals surface area (Å²) in [5.74, 6) is 0.206. The van der Waals surface area contributed by atoms with Gasteiger partial charge in [0.05, 0.1) is 6.61 Å². The summed E-state index contributed by atoms with van der Waals surface area (Å²) in [6.07, 6.45) is 1.74. The summed E-state index contributed by atoms with van der Waals surface area (Å²) in [5, 5.41) is 0. The van der Waals surface area contributed by atoms with Crippen molar-refractivity contribution in [2.75, 3.05) is 13.7 Å². The molecule has 1 aromatic rings. The molecule has 0 bridgehead atoms. The number of esters is 1. The predicted octanol–water partition coefficient (Wildman–Crippen LogP) is 2.55. The maximum atomic E-state index is 11.0. The second kappa shape index (κ2) is 6.08. The van der Waals surface area contributed by atoms with Crippen molar-refractivity contribution in [3.63, 3.8) is 0 Å². The number of hydrogen-bond acceptors (Lipinski definition) is 3. The van der Waals surface area contributed by atoms with Crippen LogP contribution in [0.3, 0.4) is 0 Å². The van der Waals surface area contributed by atoms with Gasteiger partial charge in [0.2, 0.25) is 0 Å². The first-order valence-corrected chi connectivity index (χ1v) is 5.08. The number of aryl methyl sites for hydroxylation is 1. The molecule has 0 N–H and O–H groups in total. The number of methoxy groups -OCH3 is 1. The van der Waals surface area contributed by atoms with Crippen LogP contribution in [0.1, 0.15) is 18.1 Å². The monoisotopic (exact) mass is 220 g/mol. The molecule has 16 heavy (non-hydrogen) atoms. The van der Waals surface area contributed by atoms with E-state index in [9.17, 15) is 4.79 Å². The number of ether oxygens (including phenoxy) is 2. The molecule has 1 rings (SSSR count). The zero-order chi connectivity index (χ0) is 12.0. The number of benzene rings is 1. The Bertz CT molecular complexity index is 377. The highest BCUT2D eigenvalue weighted by Gasteiger charge is 2.05. The number of hydrogen-bond donors (Lipinski definition) is 0. The Labute approximate surface area is 95.7 Å². The van der Waals surface area contributed by atoms with Crippen LogP contribution < -0.4 is 0 Å². The number of carbonyl (C=O) groups is 1. The average Bonchev–Trinajstić information content (AvgIpc) is 2.25. The third kappa shape index (κ3) is 3.87. The molecule has 0 aliphatic rings. The minimum absolute atomic E-state index is 0.331. The Morgan fingerprint density at radius 2 is 1.94 bits per heavy atom. The molecule has 0 amide bonds. The molecule has 3 heteroatoms. The second-order valence-electron chi connectivity index (χ2n) is 3.48. The van der Waals surface area contributed by atoms with E-state index < -0.39 is 0 Å². The van der Waals surface area contributed by atoms with E-state index in [1.807, 2.05) is 31.2 Å². The summed E-state index contributed by atoms with van der Waals surface area (Å²) < 4.78 is 10.1. The quantitative estimate of drug-likeness (QED) is 0.578. The van der Waals surface area contributed by atoms with Gasteiger partial charge in [-0.15, -0.1) is 0 Å². The van der Waals surface area contributed by atoms with Crippen LogP contribution in [0, 0.1) is 6.92 Å². The van der Waals surface area contributed by atoms with Gasteiger partial charge in [0.1, 0.15) is 5.76 Å². The molecule has 1 aromatic carbocycles.